The summed E-state index contributed by atoms with van der Waals surface area (Å²) in [6.07, 6.45) is 0.0968. The van der Waals surface area contributed by atoms with Gasteiger partial charge in [-0.3, -0.25) is 4.90 Å². The summed E-state index contributed by atoms with van der Waals surface area (Å²) in [6.45, 7) is 6.40. The molecule has 0 radical (unpaired) electrons. The highest BCUT2D eigenvalue weighted by atomic mass is 19.1. The normalized spacial score (nSPS) is 30.8. The topological polar surface area (TPSA) is 40.5 Å². The van der Waals surface area contributed by atoms with Gasteiger partial charge in [0.05, 0.1) is 0 Å². The molecule has 0 bridgehead atoms. The lowest BCUT2D eigenvalue weighted by atomic mass is 10.1. The number of likely N-dealkylation sites (tertiary alicyclic amines) is 1. The van der Waals surface area contributed by atoms with E-state index < -0.39 is 11.6 Å². The van der Waals surface area contributed by atoms with Gasteiger partial charge in [0.2, 0.25) is 5.67 Å². The number of carbonyl (C=O) groups is 1. The van der Waals surface area contributed by atoms with Gasteiger partial charge < -0.3 is 5.11 Å². The van der Waals surface area contributed by atoms with Gasteiger partial charge in [-0.1, -0.05) is 0 Å². The molecule has 4 heteroatoms. The second-order valence-corrected chi connectivity index (χ2v) is 4.61. The van der Waals surface area contributed by atoms with E-state index in [1.54, 1.807) is 0 Å². The molecule has 1 atom stereocenters. The first-order chi connectivity index (χ1) is 5.76. The quantitative estimate of drug-likeness (QED) is 0.675. The third kappa shape index (κ3) is 1.99. The minimum absolute atomic E-state index is 0.00579. The predicted molar refractivity (Wildman–Crippen MR) is 47.4 cm³/mol. The highest BCUT2D eigenvalue weighted by Crippen LogP contribution is 2.30. The van der Waals surface area contributed by atoms with E-state index in [1.807, 2.05) is 25.7 Å². The highest BCUT2D eigenvalue weighted by Gasteiger charge is 2.47. The Balaban J connectivity index is 2.69. The van der Waals surface area contributed by atoms with Gasteiger partial charge in [0.25, 0.3) is 0 Å². The molecule has 1 aliphatic heterocycles. The fourth-order valence-electron chi connectivity index (χ4n) is 1.52. The Morgan fingerprint density at radius 1 is 1.54 bits per heavy atom. The Kier molecular flexibility index (Phi) is 2.36. The summed E-state index contributed by atoms with van der Waals surface area (Å²) in [5, 5.41) is 8.65. The fraction of sp³-hybridized carbons (Fsp3) is 0.889. The summed E-state index contributed by atoms with van der Waals surface area (Å²) in [5.74, 6) is -1.33. The molecule has 0 unspecified atom stereocenters. The molecule has 3 nitrogen and oxygen atoms in total. The summed E-state index contributed by atoms with van der Waals surface area (Å²) in [5.41, 5.74) is -2.18. The fourth-order valence-corrected chi connectivity index (χ4v) is 1.52. The van der Waals surface area contributed by atoms with Gasteiger partial charge in [-0.05, 0) is 20.8 Å². The maximum Gasteiger partial charge on any atom is 0.342 e. The van der Waals surface area contributed by atoms with E-state index in [-0.39, 0.29) is 18.5 Å². The molecule has 1 heterocycles. The highest BCUT2D eigenvalue weighted by molar-refractivity contribution is 5.78. The molecule has 0 aliphatic carbocycles. The predicted octanol–water partition coefficient (Wildman–Crippen LogP) is 1.28. The Labute approximate surface area is 77.5 Å². The number of halogens is 1. The molecule has 0 aromatic carbocycles. The number of hydrogen-bond donors (Lipinski definition) is 1. The van der Waals surface area contributed by atoms with Crippen molar-refractivity contribution in [2.24, 2.45) is 0 Å². The largest absolute Gasteiger partial charge is 0.479 e. The van der Waals surface area contributed by atoms with E-state index in [1.165, 1.54) is 0 Å². The number of hydrogen-bond acceptors (Lipinski definition) is 2. The van der Waals surface area contributed by atoms with Gasteiger partial charge in [-0.2, -0.15) is 0 Å². The maximum absolute atomic E-state index is 13.6. The Morgan fingerprint density at radius 2 is 2.08 bits per heavy atom. The summed E-state index contributed by atoms with van der Waals surface area (Å²) in [4.78, 5) is 12.5. The first kappa shape index (κ1) is 10.4. The number of carboxylic acid groups (broad SMARTS) is 1. The minimum atomic E-state index is -2.03. The van der Waals surface area contributed by atoms with E-state index >= 15 is 0 Å². The molecule has 0 saturated carbocycles. The van der Waals surface area contributed by atoms with Crippen molar-refractivity contribution in [1.82, 2.24) is 4.90 Å². The van der Waals surface area contributed by atoms with Crippen LogP contribution in [-0.4, -0.2) is 40.3 Å². The molecule has 0 aromatic rings. The van der Waals surface area contributed by atoms with Crippen LogP contribution in [0, 0.1) is 0 Å². The lowest BCUT2D eigenvalue weighted by Crippen LogP contribution is -2.44. The van der Waals surface area contributed by atoms with Crippen LogP contribution in [0.3, 0.4) is 0 Å². The molecule has 1 N–H and O–H groups in total. The summed E-state index contributed by atoms with van der Waals surface area (Å²) < 4.78 is 13.6. The third-order valence-electron chi connectivity index (χ3n) is 2.55. The van der Waals surface area contributed by atoms with Gasteiger partial charge in [0.1, 0.15) is 0 Å². The Morgan fingerprint density at radius 3 is 2.31 bits per heavy atom. The second-order valence-electron chi connectivity index (χ2n) is 4.61. The zero-order chi connectivity index (χ0) is 10.3. The lowest BCUT2D eigenvalue weighted by molar-refractivity contribution is -0.150. The van der Waals surface area contributed by atoms with Crippen molar-refractivity contribution in [1.29, 1.82) is 0 Å². The number of nitrogens with zero attached hydrogens (tertiary/aromatic N) is 1. The van der Waals surface area contributed by atoms with Crippen molar-refractivity contribution in [2.45, 2.75) is 38.4 Å². The number of aliphatic carboxylic acids is 1. The van der Waals surface area contributed by atoms with Crippen LogP contribution in [0.5, 0.6) is 0 Å². The van der Waals surface area contributed by atoms with Crippen molar-refractivity contribution in [3.63, 3.8) is 0 Å². The molecular weight excluding hydrogens is 173 g/mol. The van der Waals surface area contributed by atoms with Crippen molar-refractivity contribution in [3.05, 3.63) is 0 Å². The Bertz CT molecular complexity index is 224. The molecule has 1 aliphatic rings. The zero-order valence-corrected chi connectivity index (χ0v) is 8.30. The lowest BCUT2D eigenvalue weighted by Gasteiger charge is -2.31. The van der Waals surface area contributed by atoms with Gasteiger partial charge in [-0.25, -0.2) is 9.18 Å². The first-order valence-electron chi connectivity index (χ1n) is 4.43. The molecule has 76 valence electrons. The van der Waals surface area contributed by atoms with E-state index in [2.05, 4.69) is 0 Å². The van der Waals surface area contributed by atoms with Crippen molar-refractivity contribution < 1.29 is 14.3 Å². The SMILES string of the molecule is CC(C)(C)N1CC[C@](F)(C(=O)O)C1. The molecular formula is C9H16FNO2. The Hall–Kier alpha value is -0.640. The number of rotatable bonds is 1. The van der Waals surface area contributed by atoms with Gasteiger partial charge in [0, 0.05) is 25.0 Å². The summed E-state index contributed by atoms with van der Waals surface area (Å²) in [6, 6.07) is 0. The molecule has 0 spiro atoms. The van der Waals surface area contributed by atoms with Crippen LogP contribution >= 0.6 is 0 Å². The van der Waals surface area contributed by atoms with E-state index in [9.17, 15) is 9.18 Å². The van der Waals surface area contributed by atoms with E-state index in [0.29, 0.717) is 6.54 Å². The molecule has 1 saturated heterocycles. The third-order valence-corrected chi connectivity index (χ3v) is 2.55. The van der Waals surface area contributed by atoms with Gasteiger partial charge >= 0.3 is 5.97 Å². The van der Waals surface area contributed by atoms with Crippen LogP contribution in [0.2, 0.25) is 0 Å². The smallest absolute Gasteiger partial charge is 0.342 e. The first-order valence-corrected chi connectivity index (χ1v) is 4.43. The number of carboxylic acids is 1. The minimum Gasteiger partial charge on any atom is -0.479 e. The molecule has 1 rings (SSSR count). The average Bonchev–Trinajstić information content (AvgIpc) is 2.31. The van der Waals surface area contributed by atoms with E-state index in [0.717, 1.165) is 0 Å². The number of alkyl halides is 1. The van der Waals surface area contributed by atoms with Crippen LogP contribution < -0.4 is 0 Å². The average molecular weight is 189 g/mol. The second kappa shape index (κ2) is 2.94. The van der Waals surface area contributed by atoms with Crippen LogP contribution in [0.4, 0.5) is 4.39 Å². The molecule has 13 heavy (non-hydrogen) atoms. The van der Waals surface area contributed by atoms with Crippen LogP contribution in [0.25, 0.3) is 0 Å². The van der Waals surface area contributed by atoms with E-state index in [4.69, 9.17) is 5.11 Å². The molecule has 0 amide bonds. The van der Waals surface area contributed by atoms with Crippen molar-refractivity contribution in [3.8, 4) is 0 Å². The van der Waals surface area contributed by atoms with Crippen molar-refractivity contribution in [2.75, 3.05) is 13.1 Å². The van der Waals surface area contributed by atoms with Gasteiger partial charge in [-0.15, -0.1) is 0 Å². The standard InChI is InChI=1S/C9H16FNO2/c1-8(2,3)11-5-4-9(10,6-11)7(12)13/h4-6H2,1-3H3,(H,12,13)/t9-/m1/s1. The molecule has 0 aromatic heterocycles. The zero-order valence-electron chi connectivity index (χ0n) is 8.30. The maximum atomic E-state index is 13.6. The van der Waals surface area contributed by atoms with Crippen LogP contribution in [-0.2, 0) is 4.79 Å². The molecule has 1 fully saturated rings. The summed E-state index contributed by atoms with van der Waals surface area (Å²) >= 11 is 0. The van der Waals surface area contributed by atoms with Gasteiger partial charge in [0.15, 0.2) is 0 Å². The van der Waals surface area contributed by atoms with Crippen LogP contribution in [0.15, 0.2) is 0 Å². The van der Waals surface area contributed by atoms with Crippen molar-refractivity contribution >= 4 is 5.97 Å². The van der Waals surface area contributed by atoms with Crippen LogP contribution in [0.1, 0.15) is 27.2 Å². The summed E-state index contributed by atoms with van der Waals surface area (Å²) in [7, 11) is 0. The monoisotopic (exact) mass is 189 g/mol.